The van der Waals surface area contributed by atoms with Gasteiger partial charge in [0, 0.05) is 0 Å². The highest BCUT2D eigenvalue weighted by Gasteiger charge is 2.47. The van der Waals surface area contributed by atoms with Gasteiger partial charge in [-0.3, -0.25) is 0 Å². The zero-order chi connectivity index (χ0) is 10.8. The maximum atomic E-state index is 4.26. The molecule has 1 rings (SSSR count). The van der Waals surface area contributed by atoms with E-state index in [9.17, 15) is 0 Å². The molecule has 0 saturated heterocycles. The molecule has 3 unspecified atom stereocenters. The lowest BCUT2D eigenvalue weighted by Gasteiger charge is -2.15. The molecule has 0 bridgehead atoms. The van der Waals surface area contributed by atoms with Gasteiger partial charge in [-0.15, -0.1) is 0 Å². The summed E-state index contributed by atoms with van der Waals surface area (Å²) in [7, 11) is 0. The smallest absolute Gasteiger partial charge is 0.00903 e. The average molecular weight is 194 g/mol. The van der Waals surface area contributed by atoms with Gasteiger partial charge >= 0.3 is 0 Å². The van der Waals surface area contributed by atoms with Crippen LogP contribution < -0.4 is 0 Å². The van der Waals surface area contributed by atoms with E-state index in [4.69, 9.17) is 0 Å². The first kappa shape index (κ1) is 11.8. The fraction of sp³-hybridized carbons (Fsp3) is 0.857. The van der Waals surface area contributed by atoms with Crippen LogP contribution in [0.1, 0.15) is 59.8 Å². The lowest BCUT2D eigenvalue weighted by Crippen LogP contribution is -2.01. The Labute approximate surface area is 89.8 Å². The van der Waals surface area contributed by atoms with Gasteiger partial charge in [-0.2, -0.15) is 0 Å². The van der Waals surface area contributed by atoms with Gasteiger partial charge in [-0.05, 0) is 36.5 Å². The second-order valence-corrected chi connectivity index (χ2v) is 5.53. The Balaban J connectivity index is 2.16. The Morgan fingerprint density at radius 2 is 2.14 bits per heavy atom. The second-order valence-electron chi connectivity index (χ2n) is 5.53. The minimum Gasteiger partial charge on any atom is -0.0993 e. The lowest BCUT2D eigenvalue weighted by atomic mass is 9.91. The first-order valence-electron chi connectivity index (χ1n) is 6.19. The topological polar surface area (TPSA) is 0 Å². The van der Waals surface area contributed by atoms with Crippen LogP contribution in [0.25, 0.3) is 0 Å². The highest BCUT2D eigenvalue weighted by atomic mass is 14.5. The number of hydrogen-bond donors (Lipinski definition) is 0. The number of hydrogen-bond acceptors (Lipinski definition) is 0. The van der Waals surface area contributed by atoms with E-state index in [2.05, 4.69) is 34.3 Å². The van der Waals surface area contributed by atoms with E-state index in [-0.39, 0.29) is 0 Å². The van der Waals surface area contributed by atoms with Gasteiger partial charge in [0.1, 0.15) is 0 Å². The molecule has 1 aliphatic carbocycles. The highest BCUT2D eigenvalue weighted by molar-refractivity contribution is 5.19. The van der Waals surface area contributed by atoms with Crippen molar-refractivity contribution in [2.75, 3.05) is 0 Å². The van der Waals surface area contributed by atoms with Crippen molar-refractivity contribution in [1.82, 2.24) is 0 Å². The molecule has 0 heterocycles. The molecule has 0 aliphatic heterocycles. The van der Waals surface area contributed by atoms with E-state index in [0.29, 0.717) is 5.41 Å². The van der Waals surface area contributed by atoms with E-state index in [1.807, 2.05) is 0 Å². The van der Waals surface area contributed by atoms with Gasteiger partial charge in [0.05, 0.1) is 0 Å². The van der Waals surface area contributed by atoms with Crippen LogP contribution >= 0.6 is 0 Å². The van der Waals surface area contributed by atoms with Crippen LogP contribution in [0.4, 0.5) is 0 Å². The molecule has 0 spiro atoms. The monoisotopic (exact) mass is 194 g/mol. The van der Waals surface area contributed by atoms with Crippen LogP contribution in [0.5, 0.6) is 0 Å². The maximum Gasteiger partial charge on any atom is -0.00903 e. The molecule has 0 N–H and O–H groups in total. The summed E-state index contributed by atoms with van der Waals surface area (Å²) >= 11 is 0. The van der Waals surface area contributed by atoms with Crippen molar-refractivity contribution in [3.05, 3.63) is 12.2 Å². The molecule has 0 aromatic heterocycles. The van der Waals surface area contributed by atoms with Crippen LogP contribution in [0, 0.1) is 17.3 Å². The van der Waals surface area contributed by atoms with Crippen molar-refractivity contribution in [3.63, 3.8) is 0 Å². The third kappa shape index (κ3) is 2.62. The molecule has 1 fully saturated rings. The largest absolute Gasteiger partial charge is 0.0993 e. The van der Waals surface area contributed by atoms with E-state index in [1.165, 1.54) is 37.7 Å². The van der Waals surface area contributed by atoms with Crippen LogP contribution in [0.2, 0.25) is 0 Å². The summed E-state index contributed by atoms with van der Waals surface area (Å²) in [6.45, 7) is 13.6. The molecule has 0 radical (unpaired) electrons. The fourth-order valence-electron chi connectivity index (χ4n) is 2.22. The average Bonchev–Trinajstić information content (AvgIpc) is 2.75. The minimum absolute atomic E-state index is 0.509. The maximum absolute atomic E-state index is 4.26. The second kappa shape index (κ2) is 4.51. The summed E-state index contributed by atoms with van der Waals surface area (Å²) in [6, 6.07) is 0. The highest BCUT2D eigenvalue weighted by Crippen LogP contribution is 2.57. The number of allylic oxidation sites excluding steroid dienone is 1. The molecule has 0 nitrogen and oxygen atoms in total. The van der Waals surface area contributed by atoms with E-state index in [1.54, 1.807) is 0 Å². The minimum atomic E-state index is 0.509. The Kier molecular flexibility index (Phi) is 3.80. The van der Waals surface area contributed by atoms with Gasteiger partial charge in [0.15, 0.2) is 0 Å². The summed E-state index contributed by atoms with van der Waals surface area (Å²) in [4.78, 5) is 0. The van der Waals surface area contributed by atoms with Crippen molar-refractivity contribution >= 4 is 0 Å². The van der Waals surface area contributed by atoms with Crippen molar-refractivity contribution in [2.45, 2.75) is 59.8 Å². The Morgan fingerprint density at radius 1 is 1.57 bits per heavy atom. The summed E-state index contributed by atoms with van der Waals surface area (Å²) in [5.41, 5.74) is 2.02. The molecule has 1 aliphatic rings. The molecule has 3 atom stereocenters. The molecule has 14 heavy (non-hydrogen) atoms. The molecule has 0 amide bonds. The third-order valence-electron chi connectivity index (χ3n) is 4.34. The molecular weight excluding hydrogens is 168 g/mol. The third-order valence-corrected chi connectivity index (χ3v) is 4.34. The van der Waals surface area contributed by atoms with Gasteiger partial charge in [-0.25, -0.2) is 0 Å². The van der Waals surface area contributed by atoms with Gasteiger partial charge in [0.2, 0.25) is 0 Å². The van der Waals surface area contributed by atoms with Crippen LogP contribution in [-0.2, 0) is 0 Å². The fourth-order valence-corrected chi connectivity index (χ4v) is 2.22. The van der Waals surface area contributed by atoms with Crippen LogP contribution in [-0.4, -0.2) is 0 Å². The Bertz CT molecular complexity index is 204. The van der Waals surface area contributed by atoms with E-state index < -0.39 is 0 Å². The van der Waals surface area contributed by atoms with Gasteiger partial charge < -0.3 is 0 Å². The van der Waals surface area contributed by atoms with Crippen molar-refractivity contribution in [1.29, 1.82) is 0 Å². The van der Waals surface area contributed by atoms with Crippen molar-refractivity contribution in [2.24, 2.45) is 17.3 Å². The summed E-state index contributed by atoms with van der Waals surface area (Å²) < 4.78 is 0. The van der Waals surface area contributed by atoms with Crippen LogP contribution in [0.3, 0.4) is 0 Å². The van der Waals surface area contributed by atoms with Crippen molar-refractivity contribution in [3.8, 4) is 0 Å². The molecule has 0 heteroatoms. The predicted octanol–water partition coefficient (Wildman–Crippen LogP) is 4.81. The first-order chi connectivity index (χ1) is 6.50. The van der Waals surface area contributed by atoms with E-state index in [0.717, 1.165) is 11.8 Å². The number of rotatable bonds is 6. The van der Waals surface area contributed by atoms with E-state index >= 15 is 0 Å². The quantitative estimate of drug-likeness (QED) is 0.532. The molecule has 82 valence electrons. The molecular formula is C14H26. The lowest BCUT2D eigenvalue weighted by molar-refractivity contribution is 0.480. The summed E-state index contributed by atoms with van der Waals surface area (Å²) in [5.74, 6) is 1.78. The van der Waals surface area contributed by atoms with Crippen LogP contribution in [0.15, 0.2) is 12.2 Å². The Morgan fingerprint density at radius 3 is 2.57 bits per heavy atom. The van der Waals surface area contributed by atoms with Crippen molar-refractivity contribution < 1.29 is 0 Å². The van der Waals surface area contributed by atoms with Gasteiger partial charge in [0.25, 0.3) is 0 Å². The predicted molar refractivity (Wildman–Crippen MR) is 64.3 cm³/mol. The van der Waals surface area contributed by atoms with Gasteiger partial charge in [-0.1, -0.05) is 52.7 Å². The normalized spacial score (nSPS) is 32.7. The zero-order valence-electron chi connectivity index (χ0n) is 10.4. The zero-order valence-corrected chi connectivity index (χ0v) is 10.4. The molecule has 0 aromatic carbocycles. The SMILES string of the molecule is C=C(CCCC(C)CC)C1(C)CC1C. The summed E-state index contributed by atoms with van der Waals surface area (Å²) in [5, 5.41) is 0. The summed E-state index contributed by atoms with van der Waals surface area (Å²) in [6.07, 6.45) is 6.66. The Hall–Kier alpha value is -0.260. The molecule has 1 saturated carbocycles. The standard InChI is InChI=1S/C14H26/c1-6-11(2)8-7-9-12(3)14(5)10-13(14)4/h11,13H,3,6-10H2,1-2,4-5H3. The first-order valence-corrected chi connectivity index (χ1v) is 6.19. The molecule has 0 aromatic rings.